The SMILES string of the molecule is CC1CCCCN1C(=O)c1ccc(NC(=O)NC(C)(C)CCC(=O)O)cc1. The van der Waals surface area contributed by atoms with Gasteiger partial charge < -0.3 is 20.6 Å². The lowest BCUT2D eigenvalue weighted by molar-refractivity contribution is -0.137. The molecule has 3 amide bonds. The first kappa shape index (κ1) is 20.7. The van der Waals surface area contributed by atoms with Crippen LogP contribution in [0.15, 0.2) is 24.3 Å². The number of hydrogen-bond acceptors (Lipinski definition) is 3. The number of nitrogens with zero attached hydrogens (tertiary/aromatic N) is 1. The number of amides is 3. The van der Waals surface area contributed by atoms with Crippen molar-refractivity contribution >= 4 is 23.6 Å². The van der Waals surface area contributed by atoms with Crippen molar-refractivity contribution in [1.82, 2.24) is 10.2 Å². The minimum Gasteiger partial charge on any atom is -0.481 e. The Hall–Kier alpha value is -2.57. The van der Waals surface area contributed by atoms with Gasteiger partial charge in [-0.15, -0.1) is 0 Å². The van der Waals surface area contributed by atoms with Crippen LogP contribution in [0.3, 0.4) is 0 Å². The number of benzene rings is 1. The molecule has 1 unspecified atom stereocenters. The van der Waals surface area contributed by atoms with E-state index in [2.05, 4.69) is 17.6 Å². The van der Waals surface area contributed by atoms with Gasteiger partial charge >= 0.3 is 12.0 Å². The second kappa shape index (κ2) is 8.88. The third kappa shape index (κ3) is 6.27. The van der Waals surface area contributed by atoms with Gasteiger partial charge in [0.15, 0.2) is 0 Å². The number of piperidine rings is 1. The number of carboxylic acids is 1. The van der Waals surface area contributed by atoms with Gasteiger partial charge in [0.25, 0.3) is 5.91 Å². The number of carbonyl (C=O) groups excluding carboxylic acids is 2. The minimum atomic E-state index is -0.895. The van der Waals surface area contributed by atoms with Crippen molar-refractivity contribution < 1.29 is 19.5 Å². The summed E-state index contributed by atoms with van der Waals surface area (Å²) >= 11 is 0. The molecular formula is C20H29N3O4. The van der Waals surface area contributed by atoms with E-state index in [4.69, 9.17) is 5.11 Å². The molecule has 0 spiro atoms. The van der Waals surface area contributed by atoms with Crippen LogP contribution in [0.5, 0.6) is 0 Å². The Morgan fingerprint density at radius 2 is 1.85 bits per heavy atom. The molecule has 27 heavy (non-hydrogen) atoms. The van der Waals surface area contributed by atoms with Gasteiger partial charge in [-0.2, -0.15) is 0 Å². The number of aliphatic carboxylic acids is 1. The van der Waals surface area contributed by atoms with Crippen molar-refractivity contribution in [2.24, 2.45) is 0 Å². The van der Waals surface area contributed by atoms with Gasteiger partial charge in [-0.25, -0.2) is 4.79 Å². The molecule has 1 aromatic rings. The molecular weight excluding hydrogens is 346 g/mol. The largest absolute Gasteiger partial charge is 0.481 e. The molecule has 1 aliphatic rings. The molecule has 7 nitrogen and oxygen atoms in total. The lowest BCUT2D eigenvalue weighted by Crippen LogP contribution is -2.45. The number of anilines is 1. The lowest BCUT2D eigenvalue weighted by atomic mass is 9.99. The summed E-state index contributed by atoms with van der Waals surface area (Å²) in [4.78, 5) is 37.4. The number of rotatable bonds is 6. The van der Waals surface area contributed by atoms with E-state index in [0.717, 1.165) is 25.8 Å². The van der Waals surface area contributed by atoms with Crippen molar-refractivity contribution in [3.05, 3.63) is 29.8 Å². The zero-order valence-electron chi connectivity index (χ0n) is 16.2. The molecule has 148 valence electrons. The van der Waals surface area contributed by atoms with Gasteiger partial charge in [-0.05, 0) is 70.7 Å². The van der Waals surface area contributed by atoms with Crippen molar-refractivity contribution in [3.8, 4) is 0 Å². The predicted octanol–water partition coefficient (Wildman–Crippen LogP) is 3.47. The second-order valence-corrected chi connectivity index (χ2v) is 7.78. The minimum absolute atomic E-state index is 0.0149. The van der Waals surface area contributed by atoms with Gasteiger partial charge in [0.05, 0.1) is 0 Å². The molecule has 1 fully saturated rings. The van der Waals surface area contributed by atoms with Crippen molar-refractivity contribution in [1.29, 1.82) is 0 Å². The highest BCUT2D eigenvalue weighted by Crippen LogP contribution is 2.20. The molecule has 0 aromatic heterocycles. The Kier molecular flexibility index (Phi) is 6.82. The van der Waals surface area contributed by atoms with E-state index in [1.807, 2.05) is 4.90 Å². The summed E-state index contributed by atoms with van der Waals surface area (Å²) in [6.07, 6.45) is 3.54. The molecule has 0 aliphatic carbocycles. The first-order valence-corrected chi connectivity index (χ1v) is 9.40. The number of carboxylic acid groups (broad SMARTS) is 1. The normalized spacial score (nSPS) is 17.3. The highest BCUT2D eigenvalue weighted by atomic mass is 16.4. The highest BCUT2D eigenvalue weighted by Gasteiger charge is 2.24. The number of nitrogens with one attached hydrogen (secondary N) is 2. The van der Waals surface area contributed by atoms with Crippen LogP contribution in [0.25, 0.3) is 0 Å². The van der Waals surface area contributed by atoms with Crippen LogP contribution in [-0.2, 0) is 4.79 Å². The highest BCUT2D eigenvalue weighted by molar-refractivity contribution is 5.96. The van der Waals surface area contributed by atoms with E-state index in [1.54, 1.807) is 38.1 Å². The molecule has 1 aliphatic heterocycles. The maximum Gasteiger partial charge on any atom is 0.319 e. The van der Waals surface area contributed by atoms with Gasteiger partial charge in [0, 0.05) is 35.8 Å². The Morgan fingerprint density at radius 3 is 2.44 bits per heavy atom. The first-order chi connectivity index (χ1) is 12.7. The molecule has 1 atom stereocenters. The molecule has 1 aromatic carbocycles. The Labute approximate surface area is 160 Å². The molecule has 0 radical (unpaired) electrons. The summed E-state index contributed by atoms with van der Waals surface area (Å²) in [6, 6.07) is 6.68. The third-order valence-electron chi connectivity index (χ3n) is 4.87. The molecule has 0 bridgehead atoms. The Bertz CT molecular complexity index is 685. The maximum absolute atomic E-state index is 12.6. The monoisotopic (exact) mass is 375 g/mol. The van der Waals surface area contributed by atoms with Gasteiger partial charge in [-0.3, -0.25) is 9.59 Å². The quantitative estimate of drug-likeness (QED) is 0.709. The second-order valence-electron chi connectivity index (χ2n) is 7.78. The fourth-order valence-electron chi connectivity index (χ4n) is 3.21. The number of hydrogen-bond donors (Lipinski definition) is 3. The smallest absolute Gasteiger partial charge is 0.319 e. The summed E-state index contributed by atoms with van der Waals surface area (Å²) in [7, 11) is 0. The van der Waals surface area contributed by atoms with Crippen molar-refractivity contribution in [2.45, 2.75) is 64.5 Å². The van der Waals surface area contributed by atoms with Crippen LogP contribution in [-0.4, -0.2) is 46.0 Å². The van der Waals surface area contributed by atoms with Crippen molar-refractivity contribution in [2.75, 3.05) is 11.9 Å². The van der Waals surface area contributed by atoms with Crippen LogP contribution in [0.2, 0.25) is 0 Å². The van der Waals surface area contributed by atoms with E-state index in [1.165, 1.54) is 0 Å². The van der Waals surface area contributed by atoms with E-state index in [9.17, 15) is 14.4 Å². The van der Waals surface area contributed by atoms with Gasteiger partial charge in [0.1, 0.15) is 0 Å². The van der Waals surface area contributed by atoms with Gasteiger partial charge in [-0.1, -0.05) is 0 Å². The summed E-state index contributed by atoms with van der Waals surface area (Å²) in [6.45, 7) is 6.41. The topological polar surface area (TPSA) is 98.7 Å². The summed E-state index contributed by atoms with van der Waals surface area (Å²) in [5.41, 5.74) is 0.546. The van der Waals surface area contributed by atoms with Crippen LogP contribution >= 0.6 is 0 Å². The van der Waals surface area contributed by atoms with E-state index < -0.39 is 17.5 Å². The third-order valence-corrected chi connectivity index (χ3v) is 4.87. The number of likely N-dealkylation sites (tertiary alicyclic amines) is 1. The van der Waals surface area contributed by atoms with Crippen molar-refractivity contribution in [3.63, 3.8) is 0 Å². The molecule has 1 heterocycles. The summed E-state index contributed by atoms with van der Waals surface area (Å²) in [5.74, 6) is -0.874. The number of urea groups is 1. The molecule has 3 N–H and O–H groups in total. The molecule has 7 heteroatoms. The average molecular weight is 375 g/mol. The van der Waals surface area contributed by atoms with Crippen LogP contribution in [0, 0.1) is 0 Å². The van der Waals surface area contributed by atoms with Crippen LogP contribution < -0.4 is 10.6 Å². The fourth-order valence-corrected chi connectivity index (χ4v) is 3.21. The maximum atomic E-state index is 12.6. The lowest BCUT2D eigenvalue weighted by Gasteiger charge is -2.33. The Balaban J connectivity index is 1.92. The first-order valence-electron chi connectivity index (χ1n) is 9.40. The standard InChI is InChI=1S/C20H29N3O4/c1-14-6-4-5-13-23(14)18(26)15-7-9-16(10-8-15)21-19(27)22-20(2,3)12-11-17(24)25/h7-10,14H,4-6,11-13H2,1-3H3,(H,24,25)(H2,21,22,27). The van der Waals surface area contributed by atoms with Crippen LogP contribution in [0.1, 0.15) is 63.2 Å². The molecule has 2 rings (SSSR count). The van der Waals surface area contributed by atoms with Crippen LogP contribution in [0.4, 0.5) is 10.5 Å². The fraction of sp³-hybridized carbons (Fsp3) is 0.550. The zero-order chi connectivity index (χ0) is 20.0. The zero-order valence-corrected chi connectivity index (χ0v) is 16.2. The van der Waals surface area contributed by atoms with E-state index in [-0.39, 0.29) is 18.4 Å². The van der Waals surface area contributed by atoms with E-state index in [0.29, 0.717) is 17.7 Å². The Morgan fingerprint density at radius 1 is 1.19 bits per heavy atom. The molecule has 1 saturated heterocycles. The predicted molar refractivity (Wildman–Crippen MR) is 104 cm³/mol. The average Bonchev–Trinajstić information content (AvgIpc) is 2.60. The molecule has 0 saturated carbocycles. The summed E-state index contributed by atoms with van der Waals surface area (Å²) in [5, 5.41) is 14.3. The number of carbonyl (C=O) groups is 3. The summed E-state index contributed by atoms with van der Waals surface area (Å²) < 4.78 is 0. The van der Waals surface area contributed by atoms with Gasteiger partial charge in [0.2, 0.25) is 0 Å². The van der Waals surface area contributed by atoms with E-state index >= 15 is 0 Å².